The smallest absolute Gasteiger partial charge is 0.0000131 e. The zero-order valence-electron chi connectivity index (χ0n) is 53.4. The van der Waals surface area contributed by atoms with Crippen molar-refractivity contribution in [3.63, 3.8) is 0 Å². The van der Waals surface area contributed by atoms with Crippen LogP contribution < -0.4 is 0 Å². The van der Waals surface area contributed by atoms with Crippen LogP contribution in [0.15, 0.2) is 0 Å². The van der Waals surface area contributed by atoms with Gasteiger partial charge in [0, 0.05) is 0 Å². The Labute approximate surface area is 502 Å². The lowest BCUT2D eigenvalue weighted by Gasteiger charge is -3.78. The zero-order chi connectivity index (χ0) is 53.4. The van der Waals surface area contributed by atoms with Crippen molar-refractivity contribution in [2.75, 3.05) is 0 Å². The molecule has 0 radical (unpaired) electrons. The molecule has 68 unspecified atom stereocenters. The summed E-state index contributed by atoms with van der Waals surface area (Å²) in [4.78, 5) is 0. The van der Waals surface area contributed by atoms with Gasteiger partial charge in [0.1, 0.15) is 0 Å². The summed E-state index contributed by atoms with van der Waals surface area (Å²) in [7, 11) is 0. The average Bonchev–Trinajstić information content (AvgIpc) is 0.402. The molecule has 0 aromatic carbocycles. The minimum atomic E-state index is 0.424. The van der Waals surface area contributed by atoms with E-state index in [4.69, 9.17) is 0 Å². The van der Waals surface area contributed by atoms with Crippen LogP contribution in [-0.2, 0) is 0 Å². The van der Waals surface area contributed by atoms with Crippen molar-refractivity contribution in [3.05, 3.63) is 65.0 Å². The highest BCUT2D eigenvalue weighted by molar-refractivity contribution is 6.71. The minimum absolute atomic E-state index is 0.424. The van der Waals surface area contributed by atoms with Gasteiger partial charge in [-0.1, -0.05) is 118 Å². The lowest BCUT2D eigenvalue weighted by Crippen LogP contribution is -3.75. The van der Waals surface area contributed by atoms with Crippen LogP contribution in [0, 0.1) is 381 Å². The van der Waals surface area contributed by atoms with Crippen molar-refractivity contribution in [1.82, 2.24) is 0 Å². The van der Waals surface area contributed by atoms with E-state index >= 15 is 0 Å². The van der Waals surface area contributed by atoms with Gasteiger partial charge in [0.05, 0.1) is 0 Å². The van der Waals surface area contributed by atoms with E-state index in [2.05, 4.69) is 118 Å². The molecular weight excluding hydrogens is 1040 g/mol. The molecule has 416 valence electrons. The van der Waals surface area contributed by atoms with E-state index in [1.165, 1.54) is 76.9 Å². The van der Waals surface area contributed by atoms with E-state index in [0.717, 1.165) is 223 Å². The molecule has 54 saturated carbocycles. The molecule has 0 bridgehead atoms. The average molecular weight is 1110 g/mol. The standard InChI is InChI=1S/C87H68/c1-19-23-27-29-25-21-18-22-26-30-32-33-31-28-24-20(2)35(5)39(9)43(13)41(11)37(7)34(3,4)38(8)42(12)45(15)47(17)46(16)44(14)40(10)36(19,6)49(23)53(27)55(29)51(25)48(21,22)52(26)56(30)58(32)59(33)57(31)54(28)50(24,35)61(39)65(43)63(41)60(37,38)64(42)67(45)69(47)68(46)66(44)62(40,49)71(53)73(55)70(51,52)74(56)76(58)77(59)75(57)72(54,61)79(65)78(63,64)81(67)83(69)82(68)80(66,71)84(73,74)86(76,82)87(77,83)85(75,79)81/h19-33H,18H2,1-17H3. The maximum absolute atomic E-state index is 3.51. The van der Waals surface area contributed by atoms with E-state index in [1.54, 1.807) is 0 Å². The lowest BCUT2D eigenvalue weighted by molar-refractivity contribution is -1.15. The topological polar surface area (TPSA) is 0 Å². The zero-order valence-corrected chi connectivity index (χ0v) is 53.4. The number of fused-ring (bicyclic) bond motifs is 22. The molecule has 40 spiro atoms. The van der Waals surface area contributed by atoms with Crippen molar-refractivity contribution in [2.24, 2.45) is 316 Å². The van der Waals surface area contributed by atoms with E-state index in [9.17, 15) is 0 Å². The summed E-state index contributed by atoms with van der Waals surface area (Å²) in [6.07, 6.45) is 1.85. The highest BCUT2D eigenvalue weighted by atomic mass is 15.9. The van der Waals surface area contributed by atoms with Gasteiger partial charge in [0.25, 0.3) is 0 Å². The Morgan fingerprint density at radius 1 is 0.184 bits per heavy atom. The highest BCUT2D eigenvalue weighted by Gasteiger charge is 3.84. The number of rotatable bonds is 0. The first kappa shape index (κ1) is 32.8. The SMILES string of the molecule is CC1C2C3C4C5C6CC7C8C9C%10C%11C%12C%13C%14C(C)C%15(C)C%16(C)C%17(C)C%18(C)C%19(C)C(C)(C)C%20(C)C%21(C)C%22(C)C%23(C)C%24(C)C%25(C)C%26(C)C1(C)C21C32C43C54C67C85C96C%107C%118C%129C%13%10C%14%15C%16%11C%17%12C%18%13C%19%20C%21%14C%22%15C%23%16C%24%17C%25%18C%261C21C32C45C63C74C85C96C%10%11C%127C%13%14C%158C%169C%17%10C%181C23C4%10C59C678. The molecule has 87 heavy (non-hydrogen) atoms. The summed E-state index contributed by atoms with van der Waals surface area (Å²) < 4.78 is 0. The highest BCUT2D eigenvalue weighted by Crippen LogP contribution is 3.87. The van der Waals surface area contributed by atoms with Crippen LogP contribution in [0.3, 0.4) is 0 Å². The first-order valence-corrected chi connectivity index (χ1v) is 41.4. The van der Waals surface area contributed by atoms with Crippen LogP contribution in [0.25, 0.3) is 0 Å². The second-order valence-electron chi connectivity index (χ2n) is 56.0. The Morgan fingerprint density at radius 2 is 0.425 bits per heavy atom. The molecule has 54 aliphatic carbocycles. The molecular formula is C87H68. The van der Waals surface area contributed by atoms with Gasteiger partial charge in [-0.15, -0.1) is 0 Å². The molecule has 54 rings (SSSR count). The number of hydrogen-bond donors (Lipinski definition) is 0. The van der Waals surface area contributed by atoms with Crippen molar-refractivity contribution in [1.29, 1.82) is 0 Å². The molecule has 0 nitrogen and oxygen atoms in total. The van der Waals surface area contributed by atoms with E-state index < -0.39 is 0 Å². The maximum atomic E-state index is 3.51. The molecule has 0 aromatic rings. The van der Waals surface area contributed by atoms with Crippen LogP contribution in [0.1, 0.15) is 124 Å². The summed E-state index contributed by atoms with van der Waals surface area (Å²) >= 11 is 0. The molecule has 0 aliphatic heterocycles. The molecule has 0 heterocycles. The van der Waals surface area contributed by atoms with Gasteiger partial charge < -0.3 is 0 Å². The Hall–Kier alpha value is 0. The molecule has 0 amide bonds. The predicted octanol–water partition coefficient (Wildman–Crippen LogP) is 11.9. The third-order valence-electron chi connectivity index (χ3n) is 76.6. The normalized spacial score (nSPS) is 138. The van der Waals surface area contributed by atoms with Gasteiger partial charge in [-0.2, -0.15) is 0 Å². The fraction of sp³-hybridized carbons (Fsp3) is 1.00. The summed E-state index contributed by atoms with van der Waals surface area (Å²) in [5.41, 5.74) is 45.2. The monoisotopic (exact) mass is 1110 g/mol. The first-order valence-electron chi connectivity index (χ1n) is 41.4. The maximum Gasteiger partial charge on any atom is -0.0000131 e. The summed E-state index contributed by atoms with van der Waals surface area (Å²) in [6.45, 7) is 56.7. The summed E-state index contributed by atoms with van der Waals surface area (Å²) in [5, 5.41) is 0. The lowest BCUT2D eigenvalue weighted by atomic mass is 8.23. The van der Waals surface area contributed by atoms with Gasteiger partial charge in [0.2, 0.25) is 0 Å². The second kappa shape index (κ2) is 4.54. The Kier molecular flexibility index (Phi) is 1.71. The molecule has 0 heteroatoms. The fourth-order valence-electron chi connectivity index (χ4n) is 96.1. The fourth-order valence-corrected chi connectivity index (χ4v) is 96.1. The van der Waals surface area contributed by atoms with E-state index in [1.807, 2.05) is 6.42 Å². The van der Waals surface area contributed by atoms with Crippen molar-refractivity contribution < 1.29 is 0 Å². The Balaban J connectivity index is 0.699. The van der Waals surface area contributed by atoms with Crippen molar-refractivity contribution in [3.8, 4) is 0 Å². The Morgan fingerprint density at radius 3 is 0.828 bits per heavy atom. The third kappa shape index (κ3) is 0.628. The summed E-state index contributed by atoms with van der Waals surface area (Å²) in [5.74, 6) is 19.2. The van der Waals surface area contributed by atoms with E-state index in [-0.39, 0.29) is 0 Å². The van der Waals surface area contributed by atoms with Crippen molar-refractivity contribution in [2.45, 2.75) is 124 Å². The first-order chi connectivity index (χ1) is 41.4. The van der Waals surface area contributed by atoms with E-state index in [0.29, 0.717) is 81.2 Å². The van der Waals surface area contributed by atoms with Gasteiger partial charge in [0.15, 0.2) is 0 Å². The summed E-state index contributed by atoms with van der Waals surface area (Å²) in [6, 6.07) is 0. The molecule has 0 aromatic heterocycles. The van der Waals surface area contributed by atoms with Crippen LogP contribution in [0.2, 0.25) is 0 Å². The molecule has 0 N–H and O–H groups in total. The van der Waals surface area contributed by atoms with Gasteiger partial charge in [-0.25, -0.2) is 0 Å². The van der Waals surface area contributed by atoms with Gasteiger partial charge in [-0.3, -0.25) is 0 Å². The number of hydrogen-bond acceptors (Lipinski definition) is 0. The second-order valence-corrected chi connectivity index (χ2v) is 56.0. The van der Waals surface area contributed by atoms with Gasteiger partial charge in [-0.05, 0) is 388 Å². The quantitative estimate of drug-likeness (QED) is 0.227. The van der Waals surface area contributed by atoms with Crippen LogP contribution in [0.5, 0.6) is 0 Å². The van der Waals surface area contributed by atoms with Gasteiger partial charge >= 0.3 is 0 Å². The third-order valence-corrected chi connectivity index (χ3v) is 76.6. The van der Waals surface area contributed by atoms with Crippen LogP contribution >= 0.6 is 0 Å². The minimum Gasteiger partial charge on any atom is -0.0616 e. The largest absolute Gasteiger partial charge is 0.0616 e. The predicted molar refractivity (Wildman–Crippen MR) is 295 cm³/mol. The molecule has 68 atom stereocenters. The molecule has 54 fully saturated rings. The molecule has 0 saturated heterocycles. The van der Waals surface area contributed by atoms with Crippen molar-refractivity contribution >= 4 is 0 Å². The van der Waals surface area contributed by atoms with Crippen LogP contribution in [-0.4, -0.2) is 0 Å². The molecule has 54 aliphatic rings. The van der Waals surface area contributed by atoms with Crippen LogP contribution in [0.4, 0.5) is 0 Å². The Bertz CT molecular complexity index is 6310.